The van der Waals surface area contributed by atoms with E-state index in [2.05, 4.69) is 24.3 Å². The molecule has 1 aromatic carbocycles. The number of nitrogens with two attached hydrogens (primary N) is 1. The molecule has 0 aliphatic heterocycles. The topological polar surface area (TPSA) is 46.2 Å². The molecule has 16 heavy (non-hydrogen) atoms. The van der Waals surface area contributed by atoms with E-state index in [0.717, 1.165) is 6.42 Å². The van der Waals surface area contributed by atoms with Crippen molar-refractivity contribution in [1.82, 2.24) is 0 Å². The van der Waals surface area contributed by atoms with Crippen molar-refractivity contribution in [2.24, 2.45) is 5.73 Å². The van der Waals surface area contributed by atoms with E-state index in [1.54, 1.807) is 0 Å². The molecule has 0 saturated carbocycles. The second kappa shape index (κ2) is 4.56. The Kier molecular flexibility index (Phi) is 3.31. The van der Waals surface area contributed by atoms with Crippen LogP contribution in [0.3, 0.4) is 0 Å². The zero-order chi connectivity index (χ0) is 11.6. The summed E-state index contributed by atoms with van der Waals surface area (Å²) in [4.78, 5) is 0. The van der Waals surface area contributed by atoms with Gasteiger partial charge < -0.3 is 10.8 Å². The van der Waals surface area contributed by atoms with Crippen LogP contribution in [0.25, 0.3) is 0 Å². The highest BCUT2D eigenvalue weighted by molar-refractivity contribution is 5.32. The molecule has 0 spiro atoms. The molecule has 0 aromatic heterocycles. The van der Waals surface area contributed by atoms with Crippen LogP contribution in [-0.2, 0) is 6.42 Å². The van der Waals surface area contributed by atoms with Gasteiger partial charge in [0.05, 0.1) is 6.61 Å². The summed E-state index contributed by atoms with van der Waals surface area (Å²) in [7, 11) is 0. The minimum absolute atomic E-state index is 0.0612. The van der Waals surface area contributed by atoms with Crippen LogP contribution in [-0.4, -0.2) is 17.3 Å². The first-order valence-electron chi connectivity index (χ1n) is 6.10. The summed E-state index contributed by atoms with van der Waals surface area (Å²) in [5.74, 6) is 0.520. The van der Waals surface area contributed by atoms with E-state index in [9.17, 15) is 5.11 Å². The third kappa shape index (κ3) is 2.45. The number of benzene rings is 1. The molecule has 88 valence electrons. The molecule has 0 amide bonds. The standard InChI is InChI=1S/C14H21NO/c1-14(15,10-16)9-12-7-4-6-11-5-2-3-8-13(11)12/h2-3,5,8,12,16H,4,6-7,9-10,15H2,1H3/t12-,14+/m1/s1. The van der Waals surface area contributed by atoms with Crippen molar-refractivity contribution >= 4 is 0 Å². The van der Waals surface area contributed by atoms with E-state index >= 15 is 0 Å². The molecule has 3 N–H and O–H groups in total. The molecule has 0 radical (unpaired) electrons. The Morgan fingerprint density at radius 3 is 2.94 bits per heavy atom. The van der Waals surface area contributed by atoms with E-state index in [0.29, 0.717) is 5.92 Å². The van der Waals surface area contributed by atoms with Crippen molar-refractivity contribution in [3.05, 3.63) is 35.4 Å². The van der Waals surface area contributed by atoms with E-state index < -0.39 is 5.54 Å². The summed E-state index contributed by atoms with van der Waals surface area (Å²) in [5.41, 5.74) is 8.51. The number of fused-ring (bicyclic) bond motifs is 1. The van der Waals surface area contributed by atoms with Crippen molar-refractivity contribution in [3.63, 3.8) is 0 Å². The van der Waals surface area contributed by atoms with E-state index in [1.807, 2.05) is 6.92 Å². The second-order valence-electron chi connectivity index (χ2n) is 5.30. The maximum absolute atomic E-state index is 9.25. The fourth-order valence-electron chi connectivity index (χ4n) is 2.69. The summed E-state index contributed by atoms with van der Waals surface area (Å²) in [5, 5.41) is 9.25. The summed E-state index contributed by atoms with van der Waals surface area (Å²) < 4.78 is 0. The van der Waals surface area contributed by atoms with Crippen LogP contribution in [0.2, 0.25) is 0 Å². The number of aliphatic hydroxyl groups excluding tert-OH is 1. The van der Waals surface area contributed by atoms with Crippen LogP contribution in [0.4, 0.5) is 0 Å². The zero-order valence-electron chi connectivity index (χ0n) is 9.95. The lowest BCUT2D eigenvalue weighted by Gasteiger charge is -2.32. The van der Waals surface area contributed by atoms with Crippen LogP contribution in [0, 0.1) is 0 Å². The van der Waals surface area contributed by atoms with Gasteiger partial charge in [0.15, 0.2) is 0 Å². The van der Waals surface area contributed by atoms with Crippen molar-refractivity contribution in [2.45, 2.75) is 44.1 Å². The Balaban J connectivity index is 2.19. The molecule has 2 atom stereocenters. The summed E-state index contributed by atoms with van der Waals surface area (Å²) >= 11 is 0. The number of hydrogen-bond acceptors (Lipinski definition) is 2. The van der Waals surface area contributed by atoms with Crippen LogP contribution >= 0.6 is 0 Å². The first-order valence-corrected chi connectivity index (χ1v) is 6.10. The van der Waals surface area contributed by atoms with Crippen molar-refractivity contribution < 1.29 is 5.11 Å². The summed E-state index contributed by atoms with van der Waals surface area (Å²) in [6.07, 6.45) is 4.50. The molecule has 0 saturated heterocycles. The van der Waals surface area contributed by atoms with Gasteiger partial charge in [-0.25, -0.2) is 0 Å². The smallest absolute Gasteiger partial charge is 0.0608 e. The second-order valence-corrected chi connectivity index (χ2v) is 5.30. The highest BCUT2D eigenvalue weighted by atomic mass is 16.3. The fraction of sp³-hybridized carbons (Fsp3) is 0.571. The Labute approximate surface area is 97.5 Å². The molecular formula is C14H21NO. The monoisotopic (exact) mass is 219 g/mol. The highest BCUT2D eigenvalue weighted by Crippen LogP contribution is 2.36. The quantitative estimate of drug-likeness (QED) is 0.818. The Morgan fingerprint density at radius 2 is 2.19 bits per heavy atom. The number of aryl methyl sites for hydroxylation is 1. The highest BCUT2D eigenvalue weighted by Gasteiger charge is 2.27. The van der Waals surface area contributed by atoms with Crippen molar-refractivity contribution in [2.75, 3.05) is 6.61 Å². The SMILES string of the molecule is C[C@@](N)(CO)C[C@H]1CCCc2ccccc21. The zero-order valence-corrected chi connectivity index (χ0v) is 9.95. The molecule has 2 nitrogen and oxygen atoms in total. The van der Waals surface area contributed by atoms with Gasteiger partial charge >= 0.3 is 0 Å². The van der Waals surface area contributed by atoms with E-state index in [4.69, 9.17) is 5.73 Å². The molecule has 1 aromatic rings. The molecule has 1 aliphatic rings. The lowest BCUT2D eigenvalue weighted by molar-refractivity contribution is 0.189. The summed E-state index contributed by atoms with van der Waals surface area (Å²) in [6, 6.07) is 8.64. The first-order chi connectivity index (χ1) is 7.62. The van der Waals surface area contributed by atoms with Crippen molar-refractivity contribution in [3.8, 4) is 0 Å². The summed E-state index contributed by atoms with van der Waals surface area (Å²) in [6.45, 7) is 2.00. The van der Waals surface area contributed by atoms with Gasteiger partial charge in [0.2, 0.25) is 0 Å². The number of aliphatic hydroxyl groups is 1. The van der Waals surface area contributed by atoms with Gasteiger partial charge in [-0.3, -0.25) is 0 Å². The van der Waals surface area contributed by atoms with Gasteiger partial charge in [0.1, 0.15) is 0 Å². The van der Waals surface area contributed by atoms with Gasteiger partial charge in [0, 0.05) is 5.54 Å². The minimum atomic E-state index is -0.449. The number of rotatable bonds is 3. The van der Waals surface area contributed by atoms with E-state index in [1.165, 1.54) is 30.4 Å². The Morgan fingerprint density at radius 1 is 1.44 bits per heavy atom. The molecule has 1 aliphatic carbocycles. The Hall–Kier alpha value is -0.860. The predicted octanol–water partition coefficient (Wildman–Crippen LogP) is 2.21. The predicted molar refractivity (Wildman–Crippen MR) is 66.4 cm³/mol. The average Bonchev–Trinajstić information content (AvgIpc) is 2.29. The normalized spacial score (nSPS) is 23.6. The molecule has 2 rings (SSSR count). The van der Waals surface area contributed by atoms with Crippen molar-refractivity contribution in [1.29, 1.82) is 0 Å². The maximum Gasteiger partial charge on any atom is 0.0608 e. The number of hydrogen-bond donors (Lipinski definition) is 2. The van der Waals surface area contributed by atoms with Gasteiger partial charge in [-0.2, -0.15) is 0 Å². The average molecular weight is 219 g/mol. The fourth-order valence-corrected chi connectivity index (χ4v) is 2.69. The van der Waals surface area contributed by atoms with Crippen LogP contribution in [0.5, 0.6) is 0 Å². The molecule has 0 fully saturated rings. The molecule has 0 bridgehead atoms. The van der Waals surface area contributed by atoms with Crippen LogP contribution in [0.15, 0.2) is 24.3 Å². The maximum atomic E-state index is 9.25. The first kappa shape index (κ1) is 11.6. The van der Waals surface area contributed by atoms with Crippen LogP contribution in [0.1, 0.15) is 43.2 Å². The molecular weight excluding hydrogens is 198 g/mol. The van der Waals surface area contributed by atoms with E-state index in [-0.39, 0.29) is 6.61 Å². The van der Waals surface area contributed by atoms with Gasteiger partial charge in [-0.15, -0.1) is 0 Å². The van der Waals surface area contributed by atoms with Gasteiger partial charge in [-0.1, -0.05) is 24.3 Å². The molecule has 2 heteroatoms. The Bertz CT molecular complexity index is 360. The third-order valence-electron chi connectivity index (χ3n) is 3.57. The van der Waals surface area contributed by atoms with Gasteiger partial charge in [-0.05, 0) is 49.7 Å². The van der Waals surface area contributed by atoms with Crippen LogP contribution < -0.4 is 5.73 Å². The van der Waals surface area contributed by atoms with Gasteiger partial charge in [0.25, 0.3) is 0 Å². The third-order valence-corrected chi connectivity index (χ3v) is 3.57. The molecule has 0 unspecified atom stereocenters. The minimum Gasteiger partial charge on any atom is -0.394 e. The lowest BCUT2D eigenvalue weighted by Crippen LogP contribution is -2.42. The molecule has 0 heterocycles. The lowest BCUT2D eigenvalue weighted by atomic mass is 9.77. The largest absolute Gasteiger partial charge is 0.394 e.